The maximum atomic E-state index is 11.8. The Bertz CT molecular complexity index is 615. The second-order valence-electron chi connectivity index (χ2n) is 5.32. The highest BCUT2D eigenvalue weighted by molar-refractivity contribution is 5.95. The second kappa shape index (κ2) is 7.24. The second-order valence-corrected chi connectivity index (χ2v) is 5.32. The molecule has 0 aromatic carbocycles. The molecule has 0 aliphatic heterocycles. The molecule has 122 valence electrons. The lowest BCUT2D eigenvalue weighted by Crippen LogP contribution is -2.43. The molecule has 0 saturated carbocycles. The van der Waals surface area contributed by atoms with Crippen LogP contribution in [0.2, 0.25) is 0 Å². The van der Waals surface area contributed by atoms with E-state index in [1.54, 1.807) is 13.8 Å². The number of carbonyl (C=O) groups excluding carboxylic acids is 1. The molecule has 0 fully saturated rings. The average Bonchev–Trinajstić information content (AvgIpc) is 2.78. The van der Waals surface area contributed by atoms with Gasteiger partial charge in [0.2, 0.25) is 0 Å². The number of hydrogen-bond acceptors (Lipinski definition) is 7. The number of ether oxygens (including phenoxy) is 2. The van der Waals surface area contributed by atoms with Crippen molar-refractivity contribution in [2.75, 3.05) is 13.2 Å². The molecule has 1 aliphatic carbocycles. The molecular weight excluding hydrogens is 296 g/mol. The number of ketones is 1. The number of allylic oxidation sites excluding steroid dienone is 2. The van der Waals surface area contributed by atoms with Crippen LogP contribution in [0.1, 0.15) is 33.6 Å². The fourth-order valence-electron chi connectivity index (χ4n) is 2.88. The molecule has 7 heteroatoms. The van der Waals surface area contributed by atoms with Gasteiger partial charge in [-0.05, 0) is 20.8 Å². The van der Waals surface area contributed by atoms with E-state index in [2.05, 4.69) is 0 Å². The summed E-state index contributed by atoms with van der Waals surface area (Å²) >= 11 is 0. The number of hydrogen-bond donors (Lipinski definition) is 1. The number of rotatable bonds is 7. The van der Waals surface area contributed by atoms with Crippen LogP contribution in [0, 0.1) is 44.8 Å². The Kier molecular flexibility index (Phi) is 5.87. The lowest BCUT2D eigenvalue weighted by atomic mass is 9.64. The topological polar surface area (TPSA) is 133 Å². The minimum Gasteiger partial charge on any atom is -0.400 e. The normalized spacial score (nSPS) is 22.5. The minimum absolute atomic E-state index is 0.0278. The number of nitrogens with zero attached hydrogens (tertiary/aromatic N) is 3. The van der Waals surface area contributed by atoms with Crippen molar-refractivity contribution < 1.29 is 14.3 Å². The Morgan fingerprint density at radius 1 is 1.22 bits per heavy atom. The molecule has 0 saturated heterocycles. The first-order valence-electron chi connectivity index (χ1n) is 7.35. The molecule has 0 bridgehead atoms. The van der Waals surface area contributed by atoms with Crippen molar-refractivity contribution in [3.8, 4) is 18.2 Å². The van der Waals surface area contributed by atoms with Crippen LogP contribution < -0.4 is 5.73 Å². The van der Waals surface area contributed by atoms with Gasteiger partial charge < -0.3 is 15.2 Å². The van der Waals surface area contributed by atoms with E-state index >= 15 is 0 Å². The monoisotopic (exact) mass is 316 g/mol. The molecule has 0 spiro atoms. The van der Waals surface area contributed by atoms with Gasteiger partial charge in [-0.2, -0.15) is 15.8 Å². The molecule has 2 N–H and O–H groups in total. The lowest BCUT2D eigenvalue weighted by molar-refractivity contribution is -0.152. The maximum absolute atomic E-state index is 11.8. The van der Waals surface area contributed by atoms with Crippen molar-refractivity contribution in [1.29, 1.82) is 15.8 Å². The number of carbonyl (C=O) groups is 1. The zero-order valence-electron chi connectivity index (χ0n) is 13.5. The van der Waals surface area contributed by atoms with E-state index in [0.29, 0.717) is 13.2 Å². The summed E-state index contributed by atoms with van der Waals surface area (Å²) < 4.78 is 10.9. The Balaban J connectivity index is 3.47. The van der Waals surface area contributed by atoms with Crippen LogP contribution in [0.4, 0.5) is 0 Å². The van der Waals surface area contributed by atoms with Gasteiger partial charge in [-0.15, -0.1) is 0 Å². The first-order chi connectivity index (χ1) is 10.9. The molecule has 0 heterocycles. The van der Waals surface area contributed by atoms with Crippen molar-refractivity contribution >= 4 is 5.78 Å². The van der Waals surface area contributed by atoms with Crippen LogP contribution >= 0.6 is 0 Å². The molecular formula is C16H20N4O3. The van der Waals surface area contributed by atoms with Gasteiger partial charge in [0.25, 0.3) is 0 Å². The molecule has 0 amide bonds. The molecule has 0 aromatic rings. The molecule has 0 radical (unpaired) electrons. The molecule has 1 rings (SSSR count). The van der Waals surface area contributed by atoms with Crippen molar-refractivity contribution in [1.82, 2.24) is 0 Å². The van der Waals surface area contributed by atoms with Crippen molar-refractivity contribution in [3.05, 3.63) is 11.3 Å². The summed E-state index contributed by atoms with van der Waals surface area (Å²) in [5.74, 6) is -0.348. The third-order valence-corrected chi connectivity index (χ3v) is 4.13. The molecule has 23 heavy (non-hydrogen) atoms. The largest absolute Gasteiger partial charge is 0.400 e. The van der Waals surface area contributed by atoms with Crippen molar-refractivity contribution in [3.63, 3.8) is 0 Å². The third-order valence-electron chi connectivity index (χ3n) is 4.13. The van der Waals surface area contributed by atoms with Crippen molar-refractivity contribution in [2.24, 2.45) is 16.6 Å². The average molecular weight is 316 g/mol. The van der Waals surface area contributed by atoms with Crippen LogP contribution in [0.25, 0.3) is 0 Å². The highest BCUT2D eigenvalue weighted by Crippen LogP contribution is 2.56. The molecule has 7 nitrogen and oxygen atoms in total. The van der Waals surface area contributed by atoms with E-state index < -0.39 is 17.1 Å². The first-order valence-corrected chi connectivity index (χ1v) is 7.35. The zero-order chi connectivity index (χ0) is 17.7. The van der Waals surface area contributed by atoms with Gasteiger partial charge in [0, 0.05) is 37.3 Å². The fourth-order valence-corrected chi connectivity index (χ4v) is 2.88. The molecule has 1 unspecified atom stereocenters. The Morgan fingerprint density at radius 3 is 2.09 bits per heavy atom. The Labute approximate surface area is 135 Å². The highest BCUT2D eigenvalue weighted by Gasteiger charge is 2.62. The molecule has 0 aromatic heterocycles. The van der Waals surface area contributed by atoms with Crippen LogP contribution in [0.15, 0.2) is 11.3 Å². The summed E-state index contributed by atoms with van der Waals surface area (Å²) in [6.07, 6.45) is -1.05. The smallest absolute Gasteiger partial charge is 0.172 e. The van der Waals surface area contributed by atoms with E-state index in [0.717, 1.165) is 0 Å². The van der Waals surface area contributed by atoms with E-state index in [1.165, 1.54) is 6.92 Å². The first kappa shape index (κ1) is 18.6. The summed E-state index contributed by atoms with van der Waals surface area (Å²) in [5, 5.41) is 28.9. The van der Waals surface area contributed by atoms with Crippen LogP contribution in [-0.4, -0.2) is 25.3 Å². The van der Waals surface area contributed by atoms with Gasteiger partial charge in [-0.3, -0.25) is 4.79 Å². The molecule has 1 aliphatic rings. The van der Waals surface area contributed by atoms with Crippen molar-refractivity contribution in [2.45, 2.75) is 39.9 Å². The fraction of sp³-hybridized carbons (Fsp3) is 0.625. The van der Waals surface area contributed by atoms with Crippen LogP contribution in [0.5, 0.6) is 0 Å². The Hall–Kier alpha value is -2.40. The summed E-state index contributed by atoms with van der Waals surface area (Å²) in [6, 6.07) is 5.82. The zero-order valence-corrected chi connectivity index (χ0v) is 13.5. The van der Waals surface area contributed by atoms with E-state index in [-0.39, 0.29) is 29.9 Å². The van der Waals surface area contributed by atoms with Gasteiger partial charge in [0.1, 0.15) is 5.41 Å². The summed E-state index contributed by atoms with van der Waals surface area (Å²) in [5.41, 5.74) is 2.80. The lowest BCUT2D eigenvalue weighted by Gasteiger charge is -2.34. The number of nitrogens with two attached hydrogens (primary N) is 1. The van der Waals surface area contributed by atoms with Crippen LogP contribution in [-0.2, 0) is 14.3 Å². The predicted octanol–water partition coefficient (Wildman–Crippen LogP) is 1.52. The number of Topliss-reactive ketones (excluding diaryl/α,β-unsaturated/α-hetero) is 1. The quantitative estimate of drug-likeness (QED) is 0.704. The van der Waals surface area contributed by atoms with E-state index in [9.17, 15) is 20.6 Å². The van der Waals surface area contributed by atoms with Gasteiger partial charge in [-0.25, -0.2) is 0 Å². The summed E-state index contributed by atoms with van der Waals surface area (Å²) in [7, 11) is 0. The van der Waals surface area contributed by atoms with Gasteiger partial charge in [0.05, 0.1) is 18.2 Å². The SMILES string of the molecule is CCOC(CC1(C#N)C(N)=C(C(C)=O)CC1(C#N)C#N)OCC. The van der Waals surface area contributed by atoms with Gasteiger partial charge >= 0.3 is 0 Å². The predicted molar refractivity (Wildman–Crippen MR) is 79.9 cm³/mol. The standard InChI is InChI=1S/C16H20N4O3/c1-4-22-13(23-5-2)7-16(10-19)14(20)12(11(3)21)6-15(16,8-17)9-18/h13H,4-7,20H2,1-3H3. The minimum atomic E-state index is -1.74. The molecule has 1 atom stereocenters. The summed E-state index contributed by atoms with van der Waals surface area (Å²) in [4.78, 5) is 11.8. The van der Waals surface area contributed by atoms with E-state index in [1.807, 2.05) is 18.2 Å². The maximum Gasteiger partial charge on any atom is 0.172 e. The number of nitriles is 3. The van der Waals surface area contributed by atoms with E-state index in [4.69, 9.17) is 15.2 Å². The Morgan fingerprint density at radius 2 is 1.74 bits per heavy atom. The highest BCUT2D eigenvalue weighted by atomic mass is 16.7. The third kappa shape index (κ3) is 2.92. The van der Waals surface area contributed by atoms with Gasteiger partial charge in [0.15, 0.2) is 17.5 Å². The van der Waals surface area contributed by atoms with Crippen LogP contribution in [0.3, 0.4) is 0 Å². The van der Waals surface area contributed by atoms with Gasteiger partial charge in [-0.1, -0.05) is 0 Å². The summed E-state index contributed by atoms with van der Waals surface area (Å²) in [6.45, 7) is 5.50.